The number of aromatic hydroxyl groups is 2. The lowest BCUT2D eigenvalue weighted by Crippen LogP contribution is -2.27. The van der Waals surface area contributed by atoms with Gasteiger partial charge in [-0.2, -0.15) is 0 Å². The minimum absolute atomic E-state index is 0.0454. The second kappa shape index (κ2) is 6.75. The zero-order valence-corrected chi connectivity index (χ0v) is 13.7. The second-order valence-corrected chi connectivity index (χ2v) is 6.35. The van der Waals surface area contributed by atoms with Crippen LogP contribution in [0.2, 0.25) is 0 Å². The van der Waals surface area contributed by atoms with E-state index in [0.29, 0.717) is 17.3 Å². The number of hydrogen-bond acceptors (Lipinski definition) is 5. The summed E-state index contributed by atoms with van der Waals surface area (Å²) in [5.41, 5.74) is -0.350. The lowest BCUT2D eigenvalue weighted by Gasteiger charge is -2.12. The minimum atomic E-state index is -1.57. The number of carbonyl (C=O) groups is 2. The molecule has 2 aromatic rings. The molecule has 1 heterocycles. The maximum Gasteiger partial charge on any atom is 0.293 e. The number of nitrogens with zero attached hydrogens (tertiary/aromatic N) is 1. The molecule has 0 atom stereocenters. The third-order valence-corrected chi connectivity index (χ3v) is 4.49. The number of hydrogen-bond donors (Lipinski definition) is 2. The van der Waals surface area contributed by atoms with Gasteiger partial charge >= 0.3 is 0 Å². The Balaban J connectivity index is 1.92. The summed E-state index contributed by atoms with van der Waals surface area (Å²) >= 11 is 0.455. The van der Waals surface area contributed by atoms with Crippen molar-refractivity contribution in [3.8, 4) is 11.5 Å². The van der Waals surface area contributed by atoms with E-state index < -0.39 is 39.9 Å². The first-order valence-electron chi connectivity index (χ1n) is 7.17. The van der Waals surface area contributed by atoms with Crippen LogP contribution in [0, 0.1) is 17.5 Å². The first-order valence-corrected chi connectivity index (χ1v) is 7.99. The number of phenols is 2. The monoisotopic (exact) mass is 381 g/mol. The summed E-state index contributed by atoms with van der Waals surface area (Å²) in [4.78, 5) is 24.9. The maximum atomic E-state index is 13.9. The summed E-state index contributed by atoms with van der Waals surface area (Å²) in [6.45, 7) is -0.143. The molecule has 0 aliphatic carbocycles. The molecule has 9 heteroatoms. The Morgan fingerprint density at radius 2 is 1.81 bits per heavy atom. The molecule has 3 rings (SSSR count). The molecule has 134 valence electrons. The van der Waals surface area contributed by atoms with E-state index in [1.165, 1.54) is 18.2 Å². The maximum absolute atomic E-state index is 13.9. The highest BCUT2D eigenvalue weighted by Crippen LogP contribution is 2.35. The van der Waals surface area contributed by atoms with Crippen LogP contribution in [-0.2, 0) is 11.3 Å². The predicted molar refractivity (Wildman–Crippen MR) is 87.6 cm³/mol. The highest BCUT2D eigenvalue weighted by atomic mass is 32.2. The Morgan fingerprint density at radius 1 is 1.08 bits per heavy atom. The Bertz CT molecular complexity index is 961. The number of thioether (sulfide) groups is 1. The van der Waals surface area contributed by atoms with Crippen molar-refractivity contribution in [3.63, 3.8) is 0 Å². The molecule has 0 saturated carbocycles. The largest absolute Gasteiger partial charge is 0.508 e. The Hall–Kier alpha value is -2.94. The van der Waals surface area contributed by atoms with Crippen LogP contribution in [0.5, 0.6) is 11.5 Å². The van der Waals surface area contributed by atoms with Gasteiger partial charge in [0.05, 0.1) is 17.0 Å². The van der Waals surface area contributed by atoms with E-state index in [1.54, 1.807) is 6.07 Å². The van der Waals surface area contributed by atoms with Crippen molar-refractivity contribution >= 4 is 29.0 Å². The molecule has 0 radical (unpaired) electrons. The first kappa shape index (κ1) is 17.9. The molecule has 0 spiro atoms. The molecule has 2 aromatic carbocycles. The Morgan fingerprint density at radius 3 is 2.50 bits per heavy atom. The fourth-order valence-electron chi connectivity index (χ4n) is 2.33. The Kier molecular flexibility index (Phi) is 4.64. The van der Waals surface area contributed by atoms with Crippen molar-refractivity contribution < 1.29 is 33.0 Å². The first-order chi connectivity index (χ1) is 12.3. The molecule has 1 aliphatic heterocycles. The molecular formula is C17H10F3NO4S. The van der Waals surface area contributed by atoms with Gasteiger partial charge in [0, 0.05) is 6.07 Å². The molecule has 1 saturated heterocycles. The van der Waals surface area contributed by atoms with Gasteiger partial charge in [-0.05, 0) is 35.5 Å². The van der Waals surface area contributed by atoms with Crippen LogP contribution in [-0.4, -0.2) is 26.3 Å². The SMILES string of the molecule is O=C1S/C(=C\c2c(F)cc(F)c(O)c2F)C(=O)N1Cc1cccc(O)c1. The van der Waals surface area contributed by atoms with E-state index in [4.69, 9.17) is 0 Å². The van der Waals surface area contributed by atoms with Gasteiger partial charge in [0.15, 0.2) is 17.4 Å². The third kappa shape index (κ3) is 3.25. The lowest BCUT2D eigenvalue weighted by atomic mass is 10.1. The molecule has 1 aliphatic rings. The van der Waals surface area contributed by atoms with Crippen LogP contribution < -0.4 is 0 Å². The fraction of sp³-hybridized carbons (Fsp3) is 0.0588. The van der Waals surface area contributed by atoms with E-state index in [-0.39, 0.29) is 23.3 Å². The number of benzene rings is 2. The zero-order valence-electron chi connectivity index (χ0n) is 12.9. The van der Waals surface area contributed by atoms with Gasteiger partial charge in [0.2, 0.25) is 0 Å². The summed E-state index contributed by atoms with van der Waals surface area (Å²) in [5.74, 6) is -6.59. The van der Waals surface area contributed by atoms with Crippen LogP contribution in [0.25, 0.3) is 6.08 Å². The molecule has 2 amide bonds. The van der Waals surface area contributed by atoms with Gasteiger partial charge in [0.1, 0.15) is 11.6 Å². The van der Waals surface area contributed by atoms with Gasteiger partial charge in [-0.15, -0.1) is 0 Å². The zero-order chi connectivity index (χ0) is 19.0. The Labute approximate surface area is 149 Å². The van der Waals surface area contributed by atoms with E-state index in [2.05, 4.69) is 0 Å². The number of carbonyl (C=O) groups excluding carboxylic acids is 2. The smallest absolute Gasteiger partial charge is 0.293 e. The molecule has 0 aromatic heterocycles. The molecule has 0 unspecified atom stereocenters. The van der Waals surface area contributed by atoms with E-state index in [1.807, 2.05) is 0 Å². The van der Waals surface area contributed by atoms with Crippen molar-refractivity contribution in [2.45, 2.75) is 6.54 Å². The number of imide groups is 1. The molecule has 5 nitrogen and oxygen atoms in total. The van der Waals surface area contributed by atoms with Crippen LogP contribution in [0.3, 0.4) is 0 Å². The van der Waals surface area contributed by atoms with Gasteiger partial charge in [-0.3, -0.25) is 14.5 Å². The molecular weight excluding hydrogens is 371 g/mol. The van der Waals surface area contributed by atoms with E-state index in [9.17, 15) is 33.0 Å². The number of halogens is 3. The van der Waals surface area contributed by atoms with Gasteiger partial charge < -0.3 is 10.2 Å². The number of amides is 2. The summed E-state index contributed by atoms with van der Waals surface area (Å²) < 4.78 is 40.7. The van der Waals surface area contributed by atoms with Crippen molar-refractivity contribution in [2.24, 2.45) is 0 Å². The number of phenolic OH excluding ortho intramolecular Hbond substituents is 2. The molecule has 26 heavy (non-hydrogen) atoms. The summed E-state index contributed by atoms with van der Waals surface area (Å²) in [6, 6.07) is 6.19. The third-order valence-electron chi connectivity index (χ3n) is 3.58. The van der Waals surface area contributed by atoms with Crippen LogP contribution >= 0.6 is 11.8 Å². The van der Waals surface area contributed by atoms with Gasteiger partial charge in [-0.25, -0.2) is 13.2 Å². The van der Waals surface area contributed by atoms with Crippen molar-refractivity contribution in [3.05, 3.63) is 63.8 Å². The van der Waals surface area contributed by atoms with Crippen molar-refractivity contribution in [1.82, 2.24) is 4.90 Å². The van der Waals surface area contributed by atoms with E-state index >= 15 is 0 Å². The second-order valence-electron chi connectivity index (χ2n) is 5.35. The number of rotatable bonds is 3. The molecule has 0 bridgehead atoms. The van der Waals surface area contributed by atoms with Crippen LogP contribution in [0.4, 0.5) is 18.0 Å². The normalized spacial score (nSPS) is 16.0. The van der Waals surface area contributed by atoms with Gasteiger partial charge in [-0.1, -0.05) is 12.1 Å². The van der Waals surface area contributed by atoms with Crippen molar-refractivity contribution in [1.29, 1.82) is 0 Å². The molecule has 2 N–H and O–H groups in total. The average molecular weight is 381 g/mol. The molecule has 1 fully saturated rings. The summed E-state index contributed by atoms with van der Waals surface area (Å²) in [5, 5.41) is 18.0. The fourth-order valence-corrected chi connectivity index (χ4v) is 3.15. The minimum Gasteiger partial charge on any atom is -0.508 e. The van der Waals surface area contributed by atoms with Crippen molar-refractivity contribution in [2.75, 3.05) is 0 Å². The van der Waals surface area contributed by atoms with E-state index in [0.717, 1.165) is 11.0 Å². The predicted octanol–water partition coefficient (Wildman–Crippen LogP) is 3.75. The standard InChI is InChI=1S/C17H10F3NO4S/c18-11-6-12(19)15(23)14(20)10(11)5-13-16(24)21(17(25)26-13)7-8-2-1-3-9(22)4-8/h1-6,22-23H,7H2/b13-5-. The van der Waals surface area contributed by atoms with Crippen LogP contribution in [0.15, 0.2) is 35.2 Å². The summed E-state index contributed by atoms with van der Waals surface area (Å²) in [7, 11) is 0. The quantitative estimate of drug-likeness (QED) is 0.792. The van der Waals surface area contributed by atoms with Crippen LogP contribution in [0.1, 0.15) is 11.1 Å². The summed E-state index contributed by atoms with van der Waals surface area (Å²) in [6.07, 6.45) is 0.747. The highest BCUT2D eigenvalue weighted by Gasteiger charge is 2.35. The average Bonchev–Trinajstić information content (AvgIpc) is 2.84. The van der Waals surface area contributed by atoms with Gasteiger partial charge in [0.25, 0.3) is 11.1 Å². The highest BCUT2D eigenvalue weighted by molar-refractivity contribution is 8.18. The topological polar surface area (TPSA) is 77.8 Å². The lowest BCUT2D eigenvalue weighted by molar-refractivity contribution is -0.123.